The number of carbonyl (C=O) groups excluding carboxylic acids is 1. The van der Waals surface area contributed by atoms with Gasteiger partial charge in [0.25, 0.3) is 5.91 Å². The Labute approximate surface area is 243 Å². The summed E-state index contributed by atoms with van der Waals surface area (Å²) < 4.78 is 7.80. The van der Waals surface area contributed by atoms with Crippen LogP contribution in [0.2, 0.25) is 0 Å². The molecule has 0 spiro atoms. The van der Waals surface area contributed by atoms with Crippen molar-refractivity contribution in [2.75, 3.05) is 32.2 Å². The molecule has 5 aliphatic heterocycles. The quantitative estimate of drug-likeness (QED) is 0.513. The molecule has 0 atom stereocenters. The van der Waals surface area contributed by atoms with Crippen LogP contribution in [0.15, 0.2) is 68.2 Å². The maximum absolute atomic E-state index is 12.9. The van der Waals surface area contributed by atoms with Gasteiger partial charge in [-0.05, 0) is 56.0 Å². The van der Waals surface area contributed by atoms with E-state index in [2.05, 4.69) is 61.8 Å². The number of aliphatic imine (C=N–C) groups is 3. The van der Waals surface area contributed by atoms with Crippen LogP contribution in [0.1, 0.15) is 44.0 Å². The number of allylic oxidation sites excluding steroid dienone is 3. The Morgan fingerprint density at radius 1 is 1.07 bits per heavy atom. The molecule has 3 N–H and O–H groups in total. The average Bonchev–Trinajstić information content (AvgIpc) is 3.40. The lowest BCUT2D eigenvalue weighted by atomic mass is 9.93. The van der Waals surface area contributed by atoms with Gasteiger partial charge in [-0.3, -0.25) is 14.9 Å². The maximum atomic E-state index is 12.9. The van der Waals surface area contributed by atoms with Gasteiger partial charge in [-0.25, -0.2) is 15.0 Å². The molecule has 1 amide bonds. The summed E-state index contributed by atoms with van der Waals surface area (Å²) in [6, 6.07) is 4.58. The van der Waals surface area contributed by atoms with Gasteiger partial charge in [0.2, 0.25) is 0 Å². The Morgan fingerprint density at radius 3 is 2.71 bits per heavy atom. The first-order chi connectivity index (χ1) is 20.4. The fraction of sp³-hybridized carbons (Fsp3) is 0.333. The van der Waals surface area contributed by atoms with Crippen LogP contribution in [0.5, 0.6) is 0 Å². The number of amidine groups is 2. The smallest absolute Gasteiger partial charge is 0.273 e. The van der Waals surface area contributed by atoms with Crippen LogP contribution >= 0.6 is 0 Å². The summed E-state index contributed by atoms with van der Waals surface area (Å²) in [5.41, 5.74) is 11.4. The van der Waals surface area contributed by atoms with Gasteiger partial charge in [0.05, 0.1) is 35.9 Å². The molecular formula is C30H32N10O2. The number of aromatic nitrogens is 2. The summed E-state index contributed by atoms with van der Waals surface area (Å²) in [4.78, 5) is 29.5. The van der Waals surface area contributed by atoms with Crippen molar-refractivity contribution in [1.82, 2.24) is 25.8 Å². The molecular weight excluding hydrogens is 532 g/mol. The molecule has 0 saturated carbocycles. The standard InChI is InChI=1S/C30H32N10O2/c1-16-9-25-33-17(2)10-26(35-25)36-27-13-22(28(38-37-27)30(41)31-3)34-23-12-18(16)11-20-21-14-32-40(19-5-7-42-8-6-19)24(21)15-39(4)29(20)23/h9-14,19,37H,5-8,15H2,1-4H3,(H,31,41)(H,33,35,36). The molecule has 6 heterocycles. The van der Waals surface area contributed by atoms with E-state index in [1.807, 2.05) is 25.3 Å². The van der Waals surface area contributed by atoms with E-state index < -0.39 is 0 Å². The minimum absolute atomic E-state index is 0.176. The number of fused-ring (bicyclic) bond motifs is 8. The van der Waals surface area contributed by atoms with Crippen LogP contribution in [-0.2, 0) is 16.1 Å². The minimum atomic E-state index is -0.346. The van der Waals surface area contributed by atoms with Crippen molar-refractivity contribution in [2.45, 2.75) is 39.3 Å². The first kappa shape index (κ1) is 26.1. The number of amides is 1. The van der Waals surface area contributed by atoms with E-state index in [1.165, 1.54) is 5.69 Å². The van der Waals surface area contributed by atoms with Crippen molar-refractivity contribution in [3.8, 4) is 11.1 Å². The van der Waals surface area contributed by atoms with Gasteiger partial charge < -0.3 is 20.3 Å². The molecule has 214 valence electrons. The third-order valence-electron chi connectivity index (χ3n) is 8.01. The zero-order valence-corrected chi connectivity index (χ0v) is 24.0. The Kier molecular flexibility index (Phi) is 6.34. The predicted molar refractivity (Wildman–Crippen MR) is 164 cm³/mol. The molecule has 12 nitrogen and oxygen atoms in total. The highest BCUT2D eigenvalue weighted by Crippen LogP contribution is 2.47. The van der Waals surface area contributed by atoms with Gasteiger partial charge >= 0.3 is 0 Å². The summed E-state index contributed by atoms with van der Waals surface area (Å²) in [5, 5.41) is 15.2. The van der Waals surface area contributed by atoms with E-state index in [0.717, 1.165) is 65.4 Å². The van der Waals surface area contributed by atoms with Gasteiger partial charge in [0, 0.05) is 56.3 Å². The van der Waals surface area contributed by atoms with Crippen molar-refractivity contribution in [3.63, 3.8) is 0 Å². The fourth-order valence-electron chi connectivity index (χ4n) is 5.97. The lowest BCUT2D eigenvalue weighted by Gasteiger charge is -2.32. The number of benzene rings is 1. The molecule has 0 unspecified atom stereocenters. The summed E-state index contributed by atoms with van der Waals surface area (Å²) in [6.45, 7) is 6.21. The van der Waals surface area contributed by atoms with E-state index in [1.54, 1.807) is 13.1 Å². The number of ether oxygens (including phenoxy) is 1. The molecule has 7 rings (SSSR count). The van der Waals surface area contributed by atoms with Crippen LogP contribution < -0.4 is 21.0 Å². The summed E-state index contributed by atoms with van der Waals surface area (Å²) in [7, 11) is 3.65. The van der Waals surface area contributed by atoms with Gasteiger partial charge in [0.1, 0.15) is 11.5 Å². The SMILES string of the molecule is CNC(=O)C1=NNC2=CC1=Nc1cc(cc3c1N(C)Cc1c-3cnn1C1CCOCC1)C(C)=CC1=NC(=N2)C=C(C)N1. The van der Waals surface area contributed by atoms with Gasteiger partial charge in [0.15, 0.2) is 17.4 Å². The molecule has 12 heteroatoms. The molecule has 1 aromatic carbocycles. The van der Waals surface area contributed by atoms with E-state index >= 15 is 0 Å². The monoisotopic (exact) mass is 564 g/mol. The predicted octanol–water partition coefficient (Wildman–Crippen LogP) is 3.19. The molecule has 0 aliphatic carbocycles. The number of hydrogen-bond donors (Lipinski definition) is 3. The highest BCUT2D eigenvalue weighted by Gasteiger charge is 2.31. The number of nitrogens with one attached hydrogen (secondary N) is 3. The number of hydrazone groups is 1. The summed E-state index contributed by atoms with van der Waals surface area (Å²) in [5.74, 6) is 1.28. The van der Waals surface area contributed by atoms with Crippen molar-refractivity contribution >= 4 is 45.9 Å². The zero-order valence-electron chi connectivity index (χ0n) is 24.0. The molecule has 0 radical (unpaired) electrons. The first-order valence-corrected chi connectivity index (χ1v) is 14.1. The number of carbonyl (C=O) groups is 1. The molecule has 1 aromatic heterocycles. The van der Waals surface area contributed by atoms with Crippen molar-refractivity contribution in [2.24, 2.45) is 20.1 Å². The average molecular weight is 565 g/mol. The van der Waals surface area contributed by atoms with E-state index in [0.29, 0.717) is 35.8 Å². The van der Waals surface area contributed by atoms with Gasteiger partial charge in [-0.2, -0.15) is 10.2 Å². The number of nitrogens with zero attached hydrogens (tertiary/aromatic N) is 7. The molecule has 5 aliphatic rings. The fourth-order valence-corrected chi connectivity index (χ4v) is 5.97. The third kappa shape index (κ3) is 4.53. The molecule has 42 heavy (non-hydrogen) atoms. The van der Waals surface area contributed by atoms with Crippen molar-refractivity contribution < 1.29 is 9.53 Å². The Bertz CT molecular complexity index is 1730. The first-order valence-electron chi connectivity index (χ1n) is 14.1. The van der Waals surface area contributed by atoms with E-state index in [-0.39, 0.29) is 11.6 Å². The Balaban J connectivity index is 1.46. The van der Waals surface area contributed by atoms with E-state index in [4.69, 9.17) is 19.8 Å². The Morgan fingerprint density at radius 2 is 1.90 bits per heavy atom. The van der Waals surface area contributed by atoms with Crippen molar-refractivity contribution in [3.05, 3.63) is 59.3 Å². The summed E-state index contributed by atoms with van der Waals surface area (Å²) >= 11 is 0. The second-order valence-corrected chi connectivity index (χ2v) is 11.0. The van der Waals surface area contributed by atoms with Crippen LogP contribution in [0.25, 0.3) is 16.7 Å². The lowest BCUT2D eigenvalue weighted by Crippen LogP contribution is -2.37. The second kappa shape index (κ2) is 10.2. The summed E-state index contributed by atoms with van der Waals surface area (Å²) in [6.07, 6.45) is 9.48. The van der Waals surface area contributed by atoms with Gasteiger partial charge in [-0.1, -0.05) is 0 Å². The van der Waals surface area contributed by atoms with E-state index in [9.17, 15) is 4.79 Å². The number of rotatable bonds is 2. The zero-order chi connectivity index (χ0) is 29.0. The molecule has 6 bridgehead atoms. The largest absolute Gasteiger partial charge is 0.381 e. The van der Waals surface area contributed by atoms with Crippen LogP contribution in [0.3, 0.4) is 0 Å². The topological polar surface area (TPSA) is 133 Å². The second-order valence-electron chi connectivity index (χ2n) is 11.0. The Hall–Kier alpha value is -4.84. The normalized spacial score (nSPS) is 19.7. The number of anilines is 1. The van der Waals surface area contributed by atoms with Crippen molar-refractivity contribution in [1.29, 1.82) is 0 Å². The molecule has 1 fully saturated rings. The molecule has 2 aromatic rings. The minimum Gasteiger partial charge on any atom is -0.381 e. The van der Waals surface area contributed by atoms with Crippen LogP contribution in [-0.4, -0.2) is 66.1 Å². The maximum Gasteiger partial charge on any atom is 0.273 e. The van der Waals surface area contributed by atoms with Crippen LogP contribution in [0.4, 0.5) is 11.4 Å². The third-order valence-corrected chi connectivity index (χ3v) is 8.01. The number of hydrogen-bond acceptors (Lipinski definition) is 10. The van der Waals surface area contributed by atoms with Crippen LogP contribution in [0, 0.1) is 0 Å². The highest BCUT2D eigenvalue weighted by atomic mass is 16.5. The van der Waals surface area contributed by atoms with Gasteiger partial charge in [-0.15, -0.1) is 0 Å². The lowest BCUT2D eigenvalue weighted by molar-refractivity contribution is -0.114. The highest BCUT2D eigenvalue weighted by molar-refractivity contribution is 6.69. The molecule has 1 saturated heterocycles.